The number of nitrogens with zero attached hydrogens (tertiary/aromatic N) is 1. The zero-order valence-corrected chi connectivity index (χ0v) is 19.5. The van der Waals surface area contributed by atoms with Gasteiger partial charge in [0.05, 0.1) is 11.7 Å². The van der Waals surface area contributed by atoms with Crippen LogP contribution in [0.15, 0.2) is 55.1 Å². The van der Waals surface area contributed by atoms with E-state index in [1.165, 1.54) is 11.8 Å². The van der Waals surface area contributed by atoms with Crippen molar-refractivity contribution in [2.75, 3.05) is 13.6 Å². The average Bonchev–Trinajstić information content (AvgIpc) is 3.39. The molecule has 7 heteroatoms. The summed E-state index contributed by atoms with van der Waals surface area (Å²) in [4.78, 5) is 10.3. The smallest absolute Gasteiger partial charge is 0.109 e. The van der Waals surface area contributed by atoms with Gasteiger partial charge in [0.15, 0.2) is 0 Å². The monoisotopic (exact) mass is 439 g/mol. The standard InChI is InChI=1S/C11H15N3O.C11H14N2O.C3H8/c1-2-13-11(15)5-8-6-14-10-7-12-4-3-9(8)10;1-12-11(14)6-8-7-13-10-5-3-2-4-9(8)10;1-3-2/h3-4,6-7,11,13-15H,2,5H2,1H3;2-5,7,11-14H,6H2,1H3;3H2,1-2H3. The first-order valence-electron chi connectivity index (χ1n) is 11.3. The summed E-state index contributed by atoms with van der Waals surface area (Å²) in [6, 6.07) is 10.1. The summed E-state index contributed by atoms with van der Waals surface area (Å²) in [5.41, 5.74) is 4.38. The van der Waals surface area contributed by atoms with Crippen molar-refractivity contribution in [3.8, 4) is 0 Å². The van der Waals surface area contributed by atoms with E-state index in [1.807, 2.05) is 43.6 Å². The molecule has 4 aromatic rings. The highest BCUT2D eigenvalue weighted by Gasteiger charge is 2.08. The minimum atomic E-state index is -0.484. The Bertz CT molecular complexity index is 1040. The van der Waals surface area contributed by atoms with Crippen molar-refractivity contribution in [1.82, 2.24) is 25.6 Å². The van der Waals surface area contributed by atoms with Gasteiger partial charge in [-0.15, -0.1) is 0 Å². The number of aliphatic hydroxyl groups is 2. The Hall–Kier alpha value is -2.71. The van der Waals surface area contributed by atoms with Gasteiger partial charge in [-0.3, -0.25) is 15.6 Å². The number of para-hydroxylation sites is 1. The Balaban J connectivity index is 0.000000203. The first kappa shape index (κ1) is 25.5. The topological polar surface area (TPSA) is 109 Å². The molecule has 0 aliphatic carbocycles. The third-order valence-corrected chi connectivity index (χ3v) is 4.84. The maximum Gasteiger partial charge on any atom is 0.109 e. The van der Waals surface area contributed by atoms with Crippen LogP contribution in [0.1, 0.15) is 38.3 Å². The fourth-order valence-corrected chi connectivity index (χ4v) is 3.33. The molecule has 2 unspecified atom stereocenters. The number of hydrogen-bond donors (Lipinski definition) is 6. The number of pyridine rings is 1. The molecule has 6 N–H and O–H groups in total. The number of likely N-dealkylation sites (N-methyl/N-ethyl adjacent to an activating group) is 2. The Morgan fingerprint density at radius 1 is 0.875 bits per heavy atom. The molecule has 0 amide bonds. The van der Waals surface area contributed by atoms with E-state index in [-0.39, 0.29) is 0 Å². The van der Waals surface area contributed by atoms with Gasteiger partial charge < -0.3 is 20.2 Å². The number of aromatic amines is 2. The van der Waals surface area contributed by atoms with Gasteiger partial charge in [0.2, 0.25) is 0 Å². The molecule has 3 aromatic heterocycles. The zero-order valence-electron chi connectivity index (χ0n) is 19.5. The Morgan fingerprint density at radius 2 is 1.47 bits per heavy atom. The molecule has 0 saturated heterocycles. The summed E-state index contributed by atoms with van der Waals surface area (Å²) in [5, 5.41) is 27.2. The van der Waals surface area contributed by atoms with Crippen molar-refractivity contribution in [3.05, 3.63) is 66.2 Å². The van der Waals surface area contributed by atoms with E-state index in [9.17, 15) is 10.2 Å². The highest BCUT2D eigenvalue weighted by Crippen LogP contribution is 2.19. The van der Waals surface area contributed by atoms with Gasteiger partial charge in [-0.1, -0.05) is 45.4 Å². The third-order valence-electron chi connectivity index (χ3n) is 4.84. The lowest BCUT2D eigenvalue weighted by molar-refractivity contribution is 0.140. The lowest BCUT2D eigenvalue weighted by Gasteiger charge is -2.09. The summed E-state index contributed by atoms with van der Waals surface area (Å²) in [6.07, 6.45) is 8.95. The van der Waals surface area contributed by atoms with Crippen molar-refractivity contribution in [1.29, 1.82) is 0 Å². The first-order chi connectivity index (χ1) is 15.5. The predicted octanol–water partition coefficient (Wildman–Crippen LogP) is 3.70. The van der Waals surface area contributed by atoms with Crippen molar-refractivity contribution in [2.24, 2.45) is 0 Å². The number of H-pyrrole nitrogens is 2. The number of fused-ring (bicyclic) bond motifs is 2. The molecule has 3 heterocycles. The quantitative estimate of drug-likeness (QED) is 0.246. The molecule has 0 bridgehead atoms. The van der Waals surface area contributed by atoms with Crippen LogP contribution in [0.2, 0.25) is 0 Å². The van der Waals surface area contributed by atoms with E-state index in [0.717, 1.165) is 34.1 Å². The Kier molecular flexibility index (Phi) is 10.9. The van der Waals surface area contributed by atoms with Crippen molar-refractivity contribution in [2.45, 2.75) is 52.5 Å². The maximum atomic E-state index is 9.64. The molecular formula is C25H37N5O2. The maximum absolute atomic E-state index is 9.64. The fraction of sp³-hybridized carbons (Fsp3) is 0.400. The summed E-state index contributed by atoms with van der Waals surface area (Å²) in [7, 11) is 1.75. The second-order valence-corrected chi connectivity index (χ2v) is 7.59. The van der Waals surface area contributed by atoms with E-state index in [0.29, 0.717) is 12.8 Å². The number of aromatic nitrogens is 3. The van der Waals surface area contributed by atoms with E-state index >= 15 is 0 Å². The van der Waals surface area contributed by atoms with Gasteiger partial charge in [-0.2, -0.15) is 0 Å². The van der Waals surface area contributed by atoms with E-state index in [2.05, 4.69) is 45.5 Å². The SMILES string of the molecule is CCC.CCNC(O)Cc1c[nH]c2cnccc12.CNC(O)Cc1c[nH]c2ccccc12. The van der Waals surface area contributed by atoms with Gasteiger partial charge in [-0.05, 0) is 36.9 Å². The first-order valence-corrected chi connectivity index (χ1v) is 11.3. The number of hydrogen-bond acceptors (Lipinski definition) is 5. The van der Waals surface area contributed by atoms with Crippen LogP contribution in [0, 0.1) is 0 Å². The molecule has 1 aromatic carbocycles. The van der Waals surface area contributed by atoms with E-state index in [4.69, 9.17) is 0 Å². The molecule has 0 aliphatic heterocycles. The van der Waals surface area contributed by atoms with Gasteiger partial charge in [0.1, 0.15) is 12.5 Å². The number of rotatable bonds is 7. The molecule has 0 fully saturated rings. The van der Waals surface area contributed by atoms with Crippen molar-refractivity contribution in [3.63, 3.8) is 0 Å². The lowest BCUT2D eigenvalue weighted by atomic mass is 10.1. The average molecular weight is 440 g/mol. The van der Waals surface area contributed by atoms with E-state index in [1.54, 1.807) is 19.4 Å². The molecule has 0 aliphatic rings. The molecule has 0 saturated carbocycles. The lowest BCUT2D eigenvalue weighted by Crippen LogP contribution is -2.30. The third kappa shape index (κ3) is 7.46. The second-order valence-electron chi connectivity index (χ2n) is 7.59. The minimum Gasteiger partial charge on any atom is -0.378 e. The molecular weight excluding hydrogens is 402 g/mol. The van der Waals surface area contributed by atoms with Gasteiger partial charge >= 0.3 is 0 Å². The normalized spacial score (nSPS) is 12.6. The van der Waals surface area contributed by atoms with Crippen molar-refractivity contribution >= 4 is 21.8 Å². The van der Waals surface area contributed by atoms with Gasteiger partial charge in [-0.25, -0.2) is 0 Å². The molecule has 2 atom stereocenters. The fourth-order valence-electron chi connectivity index (χ4n) is 3.33. The highest BCUT2D eigenvalue weighted by atomic mass is 16.3. The van der Waals surface area contributed by atoms with E-state index < -0.39 is 12.5 Å². The minimum absolute atomic E-state index is 0.478. The molecule has 174 valence electrons. The second kappa shape index (κ2) is 13.6. The highest BCUT2D eigenvalue weighted by molar-refractivity contribution is 5.83. The molecule has 0 spiro atoms. The summed E-state index contributed by atoms with van der Waals surface area (Å²) in [6.45, 7) is 6.99. The van der Waals surface area contributed by atoms with Crippen LogP contribution in [-0.2, 0) is 12.8 Å². The van der Waals surface area contributed by atoms with Gasteiger partial charge in [0, 0.05) is 47.7 Å². The molecule has 32 heavy (non-hydrogen) atoms. The van der Waals surface area contributed by atoms with Crippen LogP contribution in [-0.4, -0.2) is 51.2 Å². The van der Waals surface area contributed by atoms with Crippen molar-refractivity contribution < 1.29 is 10.2 Å². The predicted molar refractivity (Wildman–Crippen MR) is 133 cm³/mol. The summed E-state index contributed by atoms with van der Waals surface area (Å²) in [5.74, 6) is 0. The number of aliphatic hydroxyl groups excluding tert-OH is 2. The zero-order chi connectivity index (χ0) is 23.3. The number of nitrogens with one attached hydrogen (secondary N) is 4. The Labute approximate surface area is 190 Å². The van der Waals surface area contributed by atoms with Crippen LogP contribution in [0.25, 0.3) is 21.8 Å². The Morgan fingerprint density at radius 3 is 2.12 bits per heavy atom. The van der Waals surface area contributed by atoms with Crippen LogP contribution >= 0.6 is 0 Å². The van der Waals surface area contributed by atoms with Crippen LogP contribution in [0.3, 0.4) is 0 Å². The van der Waals surface area contributed by atoms with Gasteiger partial charge in [0.25, 0.3) is 0 Å². The molecule has 4 rings (SSSR count). The molecule has 0 radical (unpaired) electrons. The summed E-state index contributed by atoms with van der Waals surface area (Å²) < 4.78 is 0. The van der Waals surface area contributed by atoms with Crippen LogP contribution < -0.4 is 10.6 Å². The largest absolute Gasteiger partial charge is 0.378 e. The summed E-state index contributed by atoms with van der Waals surface area (Å²) >= 11 is 0. The van der Waals surface area contributed by atoms with Crippen LogP contribution in [0.4, 0.5) is 0 Å². The number of benzene rings is 1. The molecule has 7 nitrogen and oxygen atoms in total. The van der Waals surface area contributed by atoms with Crippen LogP contribution in [0.5, 0.6) is 0 Å².